The summed E-state index contributed by atoms with van der Waals surface area (Å²) < 4.78 is 27.7. The smallest absolute Gasteiger partial charge is 0.263 e. The van der Waals surface area contributed by atoms with E-state index in [1.165, 1.54) is 12.3 Å². The minimum absolute atomic E-state index is 0.115. The molecule has 0 aliphatic carbocycles. The van der Waals surface area contributed by atoms with Crippen LogP contribution in [0.1, 0.15) is 5.56 Å². The third-order valence-corrected chi connectivity index (χ3v) is 4.68. The van der Waals surface area contributed by atoms with Crippen LogP contribution >= 0.6 is 15.9 Å². The van der Waals surface area contributed by atoms with E-state index in [9.17, 15) is 8.42 Å². The highest BCUT2D eigenvalue weighted by Gasteiger charge is 2.16. The van der Waals surface area contributed by atoms with Gasteiger partial charge in [0.05, 0.1) is 5.69 Å². The molecule has 0 amide bonds. The van der Waals surface area contributed by atoms with Gasteiger partial charge in [-0.15, -0.1) is 0 Å². The van der Waals surface area contributed by atoms with Crippen LogP contribution in [0, 0.1) is 6.92 Å². The van der Waals surface area contributed by atoms with Crippen LogP contribution in [0.3, 0.4) is 0 Å². The lowest BCUT2D eigenvalue weighted by molar-refractivity contribution is 0.601. The lowest BCUT2D eigenvalue weighted by Gasteiger charge is -2.10. The Morgan fingerprint density at radius 2 is 1.95 bits per heavy atom. The van der Waals surface area contributed by atoms with Gasteiger partial charge in [-0.05, 0) is 52.7 Å². The summed E-state index contributed by atoms with van der Waals surface area (Å²) in [4.78, 5) is 4.11. The van der Waals surface area contributed by atoms with Crippen molar-refractivity contribution in [1.29, 1.82) is 0 Å². The average Bonchev–Trinajstić information content (AvgIpc) is 2.42. The molecule has 106 valence electrons. The maximum absolute atomic E-state index is 12.2. The fraction of sp³-hybridized carbons (Fsp3) is 0.154. The average molecular weight is 356 g/mol. The van der Waals surface area contributed by atoms with Gasteiger partial charge in [0.25, 0.3) is 10.0 Å². The highest BCUT2D eigenvalue weighted by atomic mass is 79.9. The van der Waals surface area contributed by atoms with Crippen molar-refractivity contribution in [3.05, 3.63) is 46.6 Å². The van der Waals surface area contributed by atoms with Crippen LogP contribution in [0.4, 0.5) is 11.5 Å². The third kappa shape index (κ3) is 3.29. The number of rotatable bonds is 4. The van der Waals surface area contributed by atoms with E-state index in [4.69, 9.17) is 0 Å². The Morgan fingerprint density at radius 1 is 1.20 bits per heavy atom. The Bertz CT molecular complexity index is 715. The van der Waals surface area contributed by atoms with Crippen molar-refractivity contribution in [2.75, 3.05) is 17.1 Å². The molecule has 0 aliphatic rings. The van der Waals surface area contributed by atoms with Gasteiger partial charge in [0.1, 0.15) is 10.7 Å². The summed E-state index contributed by atoms with van der Waals surface area (Å²) in [7, 11) is -1.92. The standard InChI is InChI=1S/C13H14BrN3O2S/c1-9-3-5-12(11(14)7-9)17-20(18,19)10-4-6-13(15-2)16-8-10/h3-8,17H,1-2H3,(H,15,16). The topological polar surface area (TPSA) is 71.1 Å². The molecule has 0 fully saturated rings. The number of aromatic nitrogens is 1. The molecule has 20 heavy (non-hydrogen) atoms. The molecule has 0 aliphatic heterocycles. The molecule has 0 radical (unpaired) electrons. The van der Waals surface area contributed by atoms with Crippen LogP contribution in [0.15, 0.2) is 45.9 Å². The normalized spacial score (nSPS) is 11.2. The van der Waals surface area contributed by atoms with Crippen molar-refractivity contribution in [1.82, 2.24) is 4.98 Å². The van der Waals surface area contributed by atoms with Crippen molar-refractivity contribution < 1.29 is 8.42 Å². The van der Waals surface area contributed by atoms with E-state index in [2.05, 4.69) is 31.0 Å². The minimum atomic E-state index is -3.64. The van der Waals surface area contributed by atoms with Gasteiger partial charge < -0.3 is 5.32 Å². The Balaban J connectivity index is 2.30. The number of benzene rings is 1. The Hall–Kier alpha value is -1.60. The Kier molecular flexibility index (Phi) is 4.29. The number of anilines is 2. The molecule has 0 bridgehead atoms. The van der Waals surface area contributed by atoms with Crippen LogP contribution in [0.25, 0.3) is 0 Å². The van der Waals surface area contributed by atoms with Crippen molar-refractivity contribution >= 4 is 37.5 Å². The van der Waals surface area contributed by atoms with Crippen molar-refractivity contribution in [3.8, 4) is 0 Å². The van der Waals surface area contributed by atoms with Crippen LogP contribution in [-0.4, -0.2) is 20.4 Å². The number of halogens is 1. The molecule has 2 rings (SSSR count). The van der Waals surface area contributed by atoms with Gasteiger partial charge in [-0.1, -0.05) is 6.07 Å². The lowest BCUT2D eigenvalue weighted by Crippen LogP contribution is -2.13. The number of nitrogens with one attached hydrogen (secondary N) is 2. The summed E-state index contributed by atoms with van der Waals surface area (Å²) in [6, 6.07) is 8.51. The number of hydrogen-bond acceptors (Lipinski definition) is 4. The number of pyridine rings is 1. The molecule has 1 heterocycles. The largest absolute Gasteiger partial charge is 0.373 e. The van der Waals surface area contributed by atoms with Gasteiger partial charge in [0, 0.05) is 17.7 Å². The maximum atomic E-state index is 12.2. The fourth-order valence-electron chi connectivity index (χ4n) is 1.59. The highest BCUT2D eigenvalue weighted by Crippen LogP contribution is 2.26. The second-order valence-electron chi connectivity index (χ2n) is 4.22. The van der Waals surface area contributed by atoms with E-state index < -0.39 is 10.0 Å². The first-order chi connectivity index (χ1) is 9.42. The van der Waals surface area contributed by atoms with E-state index in [0.29, 0.717) is 16.0 Å². The second kappa shape index (κ2) is 5.80. The molecule has 5 nitrogen and oxygen atoms in total. The van der Waals surface area contributed by atoms with Gasteiger partial charge in [0.2, 0.25) is 0 Å². The lowest BCUT2D eigenvalue weighted by atomic mass is 10.2. The van der Waals surface area contributed by atoms with Gasteiger partial charge in [-0.25, -0.2) is 13.4 Å². The molecule has 0 atom stereocenters. The summed E-state index contributed by atoms with van der Waals surface area (Å²) in [6.45, 7) is 1.93. The quantitative estimate of drug-likeness (QED) is 0.884. The summed E-state index contributed by atoms with van der Waals surface area (Å²) in [5, 5.41) is 2.84. The summed E-state index contributed by atoms with van der Waals surface area (Å²) in [6.07, 6.45) is 1.32. The predicted octanol–water partition coefficient (Wildman–Crippen LogP) is 3.00. The van der Waals surface area contributed by atoms with E-state index >= 15 is 0 Å². The Labute approximate surface area is 126 Å². The molecule has 1 aromatic carbocycles. The van der Waals surface area contributed by atoms with Gasteiger partial charge in [-0.3, -0.25) is 4.72 Å². The predicted molar refractivity (Wildman–Crippen MR) is 83.5 cm³/mol. The van der Waals surface area contributed by atoms with Crippen LogP contribution in [0.2, 0.25) is 0 Å². The molecule has 2 aromatic rings. The van der Waals surface area contributed by atoms with Crippen molar-refractivity contribution in [2.45, 2.75) is 11.8 Å². The Morgan fingerprint density at radius 3 is 2.50 bits per heavy atom. The van der Waals surface area contributed by atoms with Gasteiger partial charge in [-0.2, -0.15) is 0 Å². The molecular weight excluding hydrogens is 342 g/mol. The molecule has 0 unspecified atom stereocenters. The van der Waals surface area contributed by atoms with Gasteiger partial charge in [0.15, 0.2) is 0 Å². The summed E-state index contributed by atoms with van der Waals surface area (Å²) in [5.41, 5.74) is 1.54. The molecule has 1 aromatic heterocycles. The highest BCUT2D eigenvalue weighted by molar-refractivity contribution is 9.10. The maximum Gasteiger partial charge on any atom is 0.263 e. The molecule has 0 spiro atoms. The van der Waals surface area contributed by atoms with E-state index in [1.807, 2.05) is 19.1 Å². The molecule has 0 saturated carbocycles. The summed E-state index contributed by atoms with van der Waals surface area (Å²) in [5.74, 6) is 0.612. The first-order valence-electron chi connectivity index (χ1n) is 5.85. The first-order valence-corrected chi connectivity index (χ1v) is 8.13. The van der Waals surface area contributed by atoms with Crippen LogP contribution in [-0.2, 0) is 10.0 Å². The molecular formula is C13H14BrN3O2S. The number of aryl methyl sites for hydroxylation is 1. The molecule has 7 heteroatoms. The second-order valence-corrected chi connectivity index (χ2v) is 6.75. The van der Waals surface area contributed by atoms with Crippen molar-refractivity contribution in [2.24, 2.45) is 0 Å². The molecule has 2 N–H and O–H groups in total. The van der Waals surface area contributed by atoms with Crippen LogP contribution < -0.4 is 10.0 Å². The minimum Gasteiger partial charge on any atom is -0.373 e. The van der Waals surface area contributed by atoms with E-state index in [-0.39, 0.29) is 4.90 Å². The fourth-order valence-corrected chi connectivity index (χ4v) is 3.34. The molecule has 0 saturated heterocycles. The first kappa shape index (κ1) is 14.8. The van der Waals surface area contributed by atoms with E-state index in [0.717, 1.165) is 5.56 Å². The number of sulfonamides is 1. The zero-order valence-electron chi connectivity index (χ0n) is 11.0. The van der Waals surface area contributed by atoms with Crippen molar-refractivity contribution in [3.63, 3.8) is 0 Å². The number of hydrogen-bond donors (Lipinski definition) is 2. The van der Waals surface area contributed by atoms with E-state index in [1.54, 1.807) is 19.2 Å². The van der Waals surface area contributed by atoms with Crippen LogP contribution in [0.5, 0.6) is 0 Å². The zero-order chi connectivity index (χ0) is 14.8. The SMILES string of the molecule is CNc1ccc(S(=O)(=O)Nc2ccc(C)cc2Br)cn1. The van der Waals surface area contributed by atoms with Gasteiger partial charge >= 0.3 is 0 Å². The third-order valence-electron chi connectivity index (χ3n) is 2.67. The summed E-state index contributed by atoms with van der Waals surface area (Å²) >= 11 is 3.34. The zero-order valence-corrected chi connectivity index (χ0v) is 13.4. The monoisotopic (exact) mass is 355 g/mol. The number of nitrogens with zero attached hydrogens (tertiary/aromatic N) is 1.